The predicted molar refractivity (Wildman–Crippen MR) is 67.0 cm³/mol. The van der Waals surface area contributed by atoms with Crippen LogP contribution in [0.15, 0.2) is 0 Å². The number of hydrogen-bond donors (Lipinski definition) is 2. The van der Waals surface area contributed by atoms with E-state index < -0.39 is 0 Å². The van der Waals surface area contributed by atoms with E-state index in [-0.39, 0.29) is 6.04 Å². The lowest BCUT2D eigenvalue weighted by molar-refractivity contribution is 0.429. The molecule has 3 N–H and O–H groups in total. The quantitative estimate of drug-likeness (QED) is 0.812. The van der Waals surface area contributed by atoms with E-state index in [4.69, 9.17) is 5.73 Å². The molecule has 2 aliphatic rings. The summed E-state index contributed by atoms with van der Waals surface area (Å²) in [7, 11) is 0. The molecule has 2 heterocycles. The zero-order valence-electron chi connectivity index (χ0n) is 10.2. The van der Waals surface area contributed by atoms with Gasteiger partial charge in [-0.05, 0) is 19.3 Å². The molecule has 5 heteroatoms. The number of rotatable bonds is 2. The van der Waals surface area contributed by atoms with Crippen LogP contribution in [0.25, 0.3) is 0 Å². The van der Waals surface area contributed by atoms with Gasteiger partial charge in [0, 0.05) is 25.0 Å². The third kappa shape index (κ3) is 2.29. The van der Waals surface area contributed by atoms with E-state index in [1.54, 1.807) is 0 Å². The summed E-state index contributed by atoms with van der Waals surface area (Å²) in [5.74, 6) is 2.53. The van der Waals surface area contributed by atoms with E-state index in [9.17, 15) is 0 Å². The Morgan fingerprint density at radius 1 is 1.18 bits per heavy atom. The number of aromatic amines is 1. The third-order valence-corrected chi connectivity index (χ3v) is 3.99. The molecule has 1 saturated heterocycles. The number of aromatic nitrogens is 3. The summed E-state index contributed by atoms with van der Waals surface area (Å²) in [5, 5.41) is 7.47. The first-order valence-corrected chi connectivity index (χ1v) is 6.76. The first kappa shape index (κ1) is 11.0. The summed E-state index contributed by atoms with van der Waals surface area (Å²) in [6.45, 7) is 1.88. The second-order valence-corrected chi connectivity index (χ2v) is 5.35. The van der Waals surface area contributed by atoms with Crippen LogP contribution >= 0.6 is 0 Å². The van der Waals surface area contributed by atoms with Crippen LogP contribution in [0.2, 0.25) is 0 Å². The lowest BCUT2D eigenvalue weighted by Crippen LogP contribution is -2.27. The molecule has 3 rings (SSSR count). The zero-order valence-corrected chi connectivity index (χ0v) is 10.2. The largest absolute Gasteiger partial charge is 0.338 e. The first-order chi connectivity index (χ1) is 8.33. The monoisotopic (exact) mass is 235 g/mol. The fraction of sp³-hybridized carbons (Fsp3) is 0.833. The van der Waals surface area contributed by atoms with Crippen LogP contribution in [0.4, 0.5) is 5.95 Å². The molecule has 94 valence electrons. The number of nitrogens with one attached hydrogen (secondary N) is 1. The van der Waals surface area contributed by atoms with E-state index in [0.29, 0.717) is 5.92 Å². The van der Waals surface area contributed by atoms with Crippen molar-refractivity contribution in [1.82, 2.24) is 15.2 Å². The SMILES string of the molecule is NC1CCN(c2n[nH]c(C3CCCCC3)n2)C1. The third-order valence-electron chi connectivity index (χ3n) is 3.99. The van der Waals surface area contributed by atoms with Crippen LogP contribution in [0, 0.1) is 0 Å². The second kappa shape index (κ2) is 4.64. The molecule has 0 radical (unpaired) electrons. The van der Waals surface area contributed by atoms with E-state index in [1.165, 1.54) is 32.1 Å². The second-order valence-electron chi connectivity index (χ2n) is 5.35. The molecule has 1 unspecified atom stereocenters. The molecule has 0 aromatic carbocycles. The highest BCUT2D eigenvalue weighted by Crippen LogP contribution is 2.31. The van der Waals surface area contributed by atoms with Gasteiger partial charge in [-0.1, -0.05) is 19.3 Å². The zero-order chi connectivity index (χ0) is 11.7. The van der Waals surface area contributed by atoms with Gasteiger partial charge in [0.05, 0.1) is 0 Å². The minimum atomic E-state index is 0.284. The molecule has 1 aliphatic heterocycles. The molecular weight excluding hydrogens is 214 g/mol. The lowest BCUT2D eigenvalue weighted by atomic mass is 9.89. The van der Waals surface area contributed by atoms with Gasteiger partial charge in [0.1, 0.15) is 5.82 Å². The summed E-state index contributed by atoms with van der Waals surface area (Å²) >= 11 is 0. The predicted octanol–water partition coefficient (Wildman–Crippen LogP) is 1.39. The highest BCUT2D eigenvalue weighted by atomic mass is 15.4. The van der Waals surface area contributed by atoms with Crippen molar-refractivity contribution in [3.05, 3.63) is 5.82 Å². The van der Waals surface area contributed by atoms with Crippen molar-refractivity contribution in [1.29, 1.82) is 0 Å². The molecular formula is C12H21N5. The van der Waals surface area contributed by atoms with Crippen LogP contribution in [0.5, 0.6) is 0 Å². The van der Waals surface area contributed by atoms with Gasteiger partial charge in [0.15, 0.2) is 0 Å². The molecule has 17 heavy (non-hydrogen) atoms. The standard InChI is InChI=1S/C12H21N5/c13-10-6-7-17(8-10)12-14-11(15-16-12)9-4-2-1-3-5-9/h9-10H,1-8,13H2,(H,14,15,16). The molecule has 1 saturated carbocycles. The molecule has 0 spiro atoms. The Bertz CT molecular complexity index is 349. The molecule has 1 aromatic heterocycles. The highest BCUT2D eigenvalue weighted by molar-refractivity contribution is 5.31. The number of nitrogens with two attached hydrogens (primary N) is 1. The lowest BCUT2D eigenvalue weighted by Gasteiger charge is -2.18. The summed E-state index contributed by atoms with van der Waals surface area (Å²) in [4.78, 5) is 6.84. The minimum absolute atomic E-state index is 0.284. The van der Waals surface area contributed by atoms with Crippen LogP contribution in [-0.4, -0.2) is 34.3 Å². The van der Waals surface area contributed by atoms with Gasteiger partial charge in [-0.15, -0.1) is 5.10 Å². The number of anilines is 1. The number of nitrogens with zero attached hydrogens (tertiary/aromatic N) is 3. The summed E-state index contributed by atoms with van der Waals surface area (Å²) in [6, 6.07) is 0.284. The molecule has 5 nitrogen and oxygen atoms in total. The Hall–Kier alpha value is -1.10. The fourth-order valence-electron chi connectivity index (χ4n) is 2.93. The Morgan fingerprint density at radius 2 is 2.00 bits per heavy atom. The van der Waals surface area contributed by atoms with Gasteiger partial charge in [0.25, 0.3) is 0 Å². The molecule has 0 amide bonds. The van der Waals surface area contributed by atoms with Crippen LogP contribution in [0.3, 0.4) is 0 Å². The van der Waals surface area contributed by atoms with Gasteiger partial charge in [0.2, 0.25) is 5.95 Å². The van der Waals surface area contributed by atoms with Crippen LogP contribution in [0.1, 0.15) is 50.3 Å². The van der Waals surface area contributed by atoms with E-state index in [2.05, 4.69) is 20.1 Å². The van der Waals surface area contributed by atoms with Crippen molar-refractivity contribution in [2.75, 3.05) is 18.0 Å². The smallest absolute Gasteiger partial charge is 0.244 e. The molecule has 1 aromatic rings. The van der Waals surface area contributed by atoms with Crippen molar-refractivity contribution < 1.29 is 0 Å². The van der Waals surface area contributed by atoms with Crippen LogP contribution < -0.4 is 10.6 Å². The Kier molecular flexibility index (Phi) is 3.01. The summed E-state index contributed by atoms with van der Waals surface area (Å²) in [5.41, 5.74) is 5.90. The maximum Gasteiger partial charge on any atom is 0.244 e. The molecule has 2 fully saturated rings. The highest BCUT2D eigenvalue weighted by Gasteiger charge is 2.24. The number of hydrogen-bond acceptors (Lipinski definition) is 4. The average molecular weight is 235 g/mol. The fourth-order valence-corrected chi connectivity index (χ4v) is 2.93. The summed E-state index contributed by atoms with van der Waals surface area (Å²) in [6.07, 6.45) is 7.60. The Morgan fingerprint density at radius 3 is 2.71 bits per heavy atom. The average Bonchev–Trinajstić information content (AvgIpc) is 2.98. The van der Waals surface area contributed by atoms with Gasteiger partial charge in [-0.25, -0.2) is 0 Å². The maximum absolute atomic E-state index is 5.90. The molecule has 1 atom stereocenters. The van der Waals surface area contributed by atoms with Crippen molar-refractivity contribution >= 4 is 5.95 Å². The first-order valence-electron chi connectivity index (χ1n) is 6.76. The van der Waals surface area contributed by atoms with Gasteiger partial charge in [-0.2, -0.15) is 4.98 Å². The Balaban J connectivity index is 1.69. The van der Waals surface area contributed by atoms with Crippen molar-refractivity contribution in [2.24, 2.45) is 5.73 Å². The van der Waals surface area contributed by atoms with E-state index in [0.717, 1.165) is 31.3 Å². The topological polar surface area (TPSA) is 70.8 Å². The minimum Gasteiger partial charge on any atom is -0.338 e. The van der Waals surface area contributed by atoms with Crippen LogP contribution in [-0.2, 0) is 0 Å². The Labute approximate surface area is 102 Å². The van der Waals surface area contributed by atoms with Gasteiger partial charge in [-0.3, -0.25) is 5.10 Å². The molecule has 0 bridgehead atoms. The molecule has 1 aliphatic carbocycles. The van der Waals surface area contributed by atoms with E-state index >= 15 is 0 Å². The van der Waals surface area contributed by atoms with Gasteiger partial charge < -0.3 is 10.6 Å². The van der Waals surface area contributed by atoms with Crippen molar-refractivity contribution in [2.45, 2.75) is 50.5 Å². The van der Waals surface area contributed by atoms with Crippen molar-refractivity contribution in [3.63, 3.8) is 0 Å². The van der Waals surface area contributed by atoms with E-state index in [1.807, 2.05) is 0 Å². The normalized spacial score (nSPS) is 26.6. The maximum atomic E-state index is 5.90. The van der Waals surface area contributed by atoms with Crippen molar-refractivity contribution in [3.8, 4) is 0 Å². The van der Waals surface area contributed by atoms with Gasteiger partial charge >= 0.3 is 0 Å². The number of H-pyrrole nitrogens is 1. The summed E-state index contributed by atoms with van der Waals surface area (Å²) < 4.78 is 0.